The van der Waals surface area contributed by atoms with Gasteiger partial charge >= 0.3 is 6.18 Å². The van der Waals surface area contributed by atoms with Crippen LogP contribution in [-0.2, 0) is 0 Å². The Balaban J connectivity index is 1.45. The number of nitrogens with zero attached hydrogens (tertiary/aromatic N) is 2. The van der Waals surface area contributed by atoms with Crippen LogP contribution in [0, 0.1) is 6.92 Å². The number of rotatable bonds is 3. The minimum atomic E-state index is -4.56. The van der Waals surface area contributed by atoms with Gasteiger partial charge in [-0.1, -0.05) is 23.7 Å². The average Bonchev–Trinajstić information content (AvgIpc) is 3.41. The third-order valence-corrected chi connectivity index (χ3v) is 5.90. The summed E-state index contributed by atoms with van der Waals surface area (Å²) in [7, 11) is 0. The van der Waals surface area contributed by atoms with Crippen LogP contribution in [-0.4, -0.2) is 28.7 Å². The highest BCUT2D eigenvalue weighted by molar-refractivity contribution is 6.31. The van der Waals surface area contributed by atoms with Crippen molar-refractivity contribution >= 4 is 29.0 Å². The summed E-state index contributed by atoms with van der Waals surface area (Å²) in [4.78, 5) is 12.8. The van der Waals surface area contributed by atoms with Crippen LogP contribution in [0.3, 0.4) is 0 Å². The van der Waals surface area contributed by atoms with Crippen molar-refractivity contribution in [3.8, 4) is 11.5 Å². The molecule has 5 rings (SSSR count). The van der Waals surface area contributed by atoms with Gasteiger partial charge in [0.05, 0.1) is 6.04 Å². The van der Waals surface area contributed by atoms with Crippen molar-refractivity contribution in [1.29, 1.82) is 0 Å². The average molecular weight is 479 g/mol. The zero-order valence-electron chi connectivity index (χ0n) is 17.2. The summed E-state index contributed by atoms with van der Waals surface area (Å²) in [5, 5.41) is 10.1. The molecule has 0 aliphatic carbocycles. The standard InChI is InChI=1S/C22H18ClF3N4O3/c1-11-2-4-13(23)7-14(11)28-21(31)16-9-20-27-15(8-19(22(24,25)26)30(20)29-16)12-3-5-17-18(6-12)33-10-32-17/h2-7,9,15,19,27H,8,10H2,1H3,(H,28,31)/t15-,19-/m1/s1. The molecule has 0 saturated carbocycles. The summed E-state index contributed by atoms with van der Waals surface area (Å²) < 4.78 is 53.3. The van der Waals surface area contributed by atoms with Crippen LogP contribution in [0.1, 0.15) is 40.1 Å². The van der Waals surface area contributed by atoms with Crippen molar-refractivity contribution in [1.82, 2.24) is 9.78 Å². The molecule has 3 aromatic rings. The molecule has 2 aromatic carbocycles. The van der Waals surface area contributed by atoms with Crippen molar-refractivity contribution in [2.45, 2.75) is 31.6 Å². The first-order chi connectivity index (χ1) is 15.7. The molecule has 2 N–H and O–H groups in total. The molecule has 1 aromatic heterocycles. The van der Waals surface area contributed by atoms with Gasteiger partial charge in [0, 0.05) is 23.2 Å². The lowest BCUT2D eigenvalue weighted by Crippen LogP contribution is -2.35. The number of hydrogen-bond donors (Lipinski definition) is 2. The molecule has 0 saturated heterocycles. The number of alkyl halides is 3. The molecule has 33 heavy (non-hydrogen) atoms. The highest BCUT2D eigenvalue weighted by Crippen LogP contribution is 2.45. The highest BCUT2D eigenvalue weighted by atomic mass is 35.5. The number of aromatic nitrogens is 2. The summed E-state index contributed by atoms with van der Waals surface area (Å²) in [6, 6.07) is 8.74. The van der Waals surface area contributed by atoms with Gasteiger partial charge in [0.1, 0.15) is 5.82 Å². The number of carbonyl (C=O) groups is 1. The number of anilines is 2. The highest BCUT2D eigenvalue weighted by Gasteiger charge is 2.47. The lowest BCUT2D eigenvalue weighted by atomic mass is 9.96. The van der Waals surface area contributed by atoms with Crippen LogP contribution in [0.5, 0.6) is 11.5 Å². The normalized spacial score (nSPS) is 19.1. The van der Waals surface area contributed by atoms with Gasteiger partial charge < -0.3 is 20.1 Å². The quantitative estimate of drug-likeness (QED) is 0.521. The van der Waals surface area contributed by atoms with E-state index < -0.39 is 24.2 Å². The van der Waals surface area contributed by atoms with Crippen LogP contribution in [0.2, 0.25) is 5.02 Å². The minimum absolute atomic E-state index is 0.0689. The van der Waals surface area contributed by atoms with Crippen molar-refractivity contribution in [3.63, 3.8) is 0 Å². The molecule has 0 spiro atoms. The zero-order chi connectivity index (χ0) is 23.3. The molecule has 1 amide bonds. The maximum atomic E-state index is 13.9. The molecule has 0 radical (unpaired) electrons. The molecule has 2 aliphatic rings. The van der Waals surface area contributed by atoms with E-state index in [0.717, 1.165) is 10.2 Å². The maximum Gasteiger partial charge on any atom is 0.410 e. The monoisotopic (exact) mass is 478 g/mol. The molecule has 2 atom stereocenters. The molecule has 3 heterocycles. The molecular weight excluding hydrogens is 461 g/mol. The summed E-state index contributed by atoms with van der Waals surface area (Å²) in [6.07, 6.45) is -4.86. The Kier molecular flexibility index (Phi) is 5.12. The Morgan fingerprint density at radius 1 is 1.18 bits per heavy atom. The van der Waals surface area contributed by atoms with E-state index >= 15 is 0 Å². The first-order valence-electron chi connectivity index (χ1n) is 10.1. The molecule has 0 unspecified atom stereocenters. The number of fused-ring (bicyclic) bond motifs is 2. The van der Waals surface area contributed by atoms with Gasteiger partial charge in [0.15, 0.2) is 23.2 Å². The second-order valence-corrected chi connectivity index (χ2v) is 8.31. The zero-order valence-corrected chi connectivity index (χ0v) is 18.0. The Morgan fingerprint density at radius 3 is 2.76 bits per heavy atom. The molecule has 0 bridgehead atoms. The number of aryl methyl sites for hydroxylation is 1. The van der Waals surface area contributed by atoms with Crippen molar-refractivity contribution < 1.29 is 27.4 Å². The summed E-state index contributed by atoms with van der Waals surface area (Å²) >= 11 is 5.98. The smallest absolute Gasteiger partial charge is 0.410 e. The lowest BCUT2D eigenvalue weighted by molar-refractivity contribution is -0.173. The van der Waals surface area contributed by atoms with Crippen molar-refractivity contribution in [3.05, 3.63) is 64.3 Å². The third-order valence-electron chi connectivity index (χ3n) is 5.67. The maximum absolute atomic E-state index is 13.9. The van der Waals surface area contributed by atoms with E-state index in [2.05, 4.69) is 15.7 Å². The number of hydrogen-bond acceptors (Lipinski definition) is 5. The molecular formula is C22H18ClF3N4O3. The van der Waals surface area contributed by atoms with Gasteiger partial charge in [0.25, 0.3) is 5.91 Å². The Labute approximate surface area is 191 Å². The van der Waals surface area contributed by atoms with Gasteiger partial charge in [-0.25, -0.2) is 4.68 Å². The fourth-order valence-electron chi connectivity index (χ4n) is 3.95. The molecule has 0 fully saturated rings. The number of halogens is 4. The van der Waals surface area contributed by atoms with Crippen LogP contribution >= 0.6 is 11.6 Å². The molecule has 11 heteroatoms. The molecule has 7 nitrogen and oxygen atoms in total. The largest absolute Gasteiger partial charge is 0.454 e. The predicted octanol–water partition coefficient (Wildman–Crippen LogP) is 5.49. The van der Waals surface area contributed by atoms with Crippen LogP contribution < -0.4 is 20.1 Å². The van der Waals surface area contributed by atoms with Gasteiger partial charge in [-0.05, 0) is 42.3 Å². The minimum Gasteiger partial charge on any atom is -0.454 e. The SMILES string of the molecule is Cc1ccc(Cl)cc1NC(=O)c1cc2n(n1)[C@@H](C(F)(F)F)C[C@H](c1ccc3c(c1)OCO3)N2. The fourth-order valence-corrected chi connectivity index (χ4v) is 4.12. The second-order valence-electron chi connectivity index (χ2n) is 7.88. The van der Waals surface area contributed by atoms with Crippen molar-refractivity contribution in [2.75, 3.05) is 17.4 Å². The third kappa shape index (κ3) is 4.06. The number of benzene rings is 2. The van der Waals surface area contributed by atoms with E-state index in [4.69, 9.17) is 21.1 Å². The van der Waals surface area contributed by atoms with E-state index in [1.807, 2.05) is 0 Å². The summed E-state index contributed by atoms with van der Waals surface area (Å²) in [6.45, 7) is 1.85. The van der Waals surface area contributed by atoms with Gasteiger partial charge in [-0.3, -0.25) is 4.79 Å². The Morgan fingerprint density at radius 2 is 1.97 bits per heavy atom. The van der Waals surface area contributed by atoms with E-state index in [1.165, 1.54) is 6.07 Å². The Hall–Kier alpha value is -3.40. The summed E-state index contributed by atoms with van der Waals surface area (Å²) in [5.74, 6) is 0.486. The van der Waals surface area contributed by atoms with E-state index in [-0.39, 0.29) is 24.7 Å². The first-order valence-corrected chi connectivity index (χ1v) is 10.5. The number of amides is 1. The lowest BCUT2D eigenvalue weighted by Gasteiger charge is -2.33. The van der Waals surface area contributed by atoms with E-state index in [1.54, 1.807) is 43.3 Å². The summed E-state index contributed by atoms with van der Waals surface area (Å²) in [5.41, 5.74) is 1.68. The number of carbonyl (C=O) groups excluding carboxylic acids is 1. The van der Waals surface area contributed by atoms with Crippen molar-refractivity contribution in [2.24, 2.45) is 0 Å². The van der Waals surface area contributed by atoms with Crippen LogP contribution in [0.4, 0.5) is 24.7 Å². The van der Waals surface area contributed by atoms with Crippen LogP contribution in [0.25, 0.3) is 0 Å². The predicted molar refractivity (Wildman–Crippen MR) is 115 cm³/mol. The number of ether oxygens (including phenoxy) is 2. The van der Waals surface area contributed by atoms with E-state index in [0.29, 0.717) is 27.8 Å². The molecule has 172 valence electrons. The Bertz CT molecular complexity index is 1240. The number of nitrogens with one attached hydrogen (secondary N) is 2. The van der Waals surface area contributed by atoms with E-state index in [9.17, 15) is 18.0 Å². The van der Waals surface area contributed by atoms with Gasteiger partial charge in [0.2, 0.25) is 6.79 Å². The van der Waals surface area contributed by atoms with Gasteiger partial charge in [-0.15, -0.1) is 0 Å². The van der Waals surface area contributed by atoms with Gasteiger partial charge in [-0.2, -0.15) is 18.3 Å². The van der Waals surface area contributed by atoms with Crippen LogP contribution in [0.15, 0.2) is 42.5 Å². The fraction of sp³-hybridized carbons (Fsp3) is 0.273. The molecule has 2 aliphatic heterocycles. The second kappa shape index (κ2) is 7.87. The first kappa shape index (κ1) is 21.4. The topological polar surface area (TPSA) is 77.4 Å².